The molecule has 0 aromatic carbocycles. The van der Waals surface area contributed by atoms with E-state index in [1.165, 1.54) is 12.8 Å². The summed E-state index contributed by atoms with van der Waals surface area (Å²) in [7, 11) is 0. The first-order valence-corrected chi connectivity index (χ1v) is 5.87. The molecule has 1 heteroatoms. The van der Waals surface area contributed by atoms with Gasteiger partial charge in [0, 0.05) is 11.8 Å². The van der Waals surface area contributed by atoms with E-state index in [9.17, 15) is 4.79 Å². The van der Waals surface area contributed by atoms with Gasteiger partial charge in [0.15, 0.2) is 0 Å². The lowest BCUT2D eigenvalue weighted by Crippen LogP contribution is -2.31. The minimum Gasteiger partial charge on any atom is -0.299 e. The molecule has 14 heavy (non-hydrogen) atoms. The van der Waals surface area contributed by atoms with Gasteiger partial charge in [-0.1, -0.05) is 26.0 Å². The highest BCUT2D eigenvalue weighted by Crippen LogP contribution is 2.40. The molecule has 0 aromatic heterocycles. The molecule has 1 fully saturated rings. The van der Waals surface area contributed by atoms with Crippen LogP contribution in [0, 0.1) is 23.7 Å². The molecule has 0 radical (unpaired) electrons. The van der Waals surface area contributed by atoms with Gasteiger partial charge in [-0.15, -0.1) is 0 Å². The summed E-state index contributed by atoms with van der Waals surface area (Å²) in [5, 5.41) is 0. The van der Waals surface area contributed by atoms with Gasteiger partial charge in [-0.05, 0) is 37.5 Å². The van der Waals surface area contributed by atoms with Gasteiger partial charge in [0.05, 0.1) is 0 Å². The monoisotopic (exact) mass is 192 g/mol. The van der Waals surface area contributed by atoms with Gasteiger partial charge in [0.25, 0.3) is 0 Å². The number of hydrogen-bond acceptors (Lipinski definition) is 1. The van der Waals surface area contributed by atoms with Crippen LogP contribution >= 0.6 is 0 Å². The van der Waals surface area contributed by atoms with Crippen LogP contribution < -0.4 is 0 Å². The Hall–Kier alpha value is -0.590. The fraction of sp³-hybridized carbons (Fsp3) is 0.769. The van der Waals surface area contributed by atoms with Crippen LogP contribution in [-0.2, 0) is 4.79 Å². The number of carbonyl (C=O) groups excluding carboxylic acids is 1. The van der Waals surface area contributed by atoms with Crippen LogP contribution in [-0.4, -0.2) is 5.78 Å². The fourth-order valence-corrected chi connectivity index (χ4v) is 3.00. The van der Waals surface area contributed by atoms with Crippen molar-refractivity contribution in [1.29, 1.82) is 0 Å². The highest BCUT2D eigenvalue weighted by molar-refractivity contribution is 5.82. The Kier molecular flexibility index (Phi) is 2.76. The zero-order chi connectivity index (χ0) is 10.1. The topological polar surface area (TPSA) is 17.1 Å². The van der Waals surface area contributed by atoms with Crippen molar-refractivity contribution in [1.82, 2.24) is 0 Å². The molecular formula is C13H20O. The quantitative estimate of drug-likeness (QED) is 0.614. The third-order valence-electron chi connectivity index (χ3n) is 3.69. The smallest absolute Gasteiger partial charge is 0.138 e. The molecule has 0 spiro atoms. The molecule has 0 N–H and O–H groups in total. The van der Waals surface area contributed by atoms with Gasteiger partial charge in [-0.2, -0.15) is 0 Å². The summed E-state index contributed by atoms with van der Waals surface area (Å²) >= 11 is 0. The third-order valence-corrected chi connectivity index (χ3v) is 3.69. The number of ketones is 1. The molecule has 0 aliphatic heterocycles. The third kappa shape index (κ3) is 1.92. The summed E-state index contributed by atoms with van der Waals surface area (Å²) in [6, 6.07) is 0. The van der Waals surface area contributed by atoms with Crippen LogP contribution in [0.5, 0.6) is 0 Å². The van der Waals surface area contributed by atoms with Gasteiger partial charge >= 0.3 is 0 Å². The molecule has 3 unspecified atom stereocenters. The molecule has 0 heterocycles. The lowest BCUT2D eigenvalue weighted by atomic mass is 9.69. The summed E-state index contributed by atoms with van der Waals surface area (Å²) in [6.07, 6.45) is 9.45. The van der Waals surface area contributed by atoms with Crippen molar-refractivity contribution < 1.29 is 4.79 Å². The minimum atomic E-state index is 0.225. The van der Waals surface area contributed by atoms with Gasteiger partial charge < -0.3 is 0 Å². The average molecular weight is 192 g/mol. The lowest BCUT2D eigenvalue weighted by Gasteiger charge is -2.35. The highest BCUT2D eigenvalue weighted by Gasteiger charge is 2.33. The van der Waals surface area contributed by atoms with Crippen LogP contribution in [0.15, 0.2) is 12.2 Å². The van der Waals surface area contributed by atoms with Crippen molar-refractivity contribution in [2.75, 3.05) is 0 Å². The maximum Gasteiger partial charge on any atom is 0.138 e. The maximum atomic E-state index is 11.9. The van der Waals surface area contributed by atoms with E-state index < -0.39 is 0 Å². The second kappa shape index (κ2) is 3.88. The van der Waals surface area contributed by atoms with Crippen LogP contribution in [0.3, 0.4) is 0 Å². The number of Topliss-reactive ketones (excluding diaryl/α,β-unsaturated/α-hetero) is 1. The van der Waals surface area contributed by atoms with E-state index in [1.54, 1.807) is 0 Å². The maximum absolute atomic E-state index is 11.9. The predicted molar refractivity (Wildman–Crippen MR) is 57.9 cm³/mol. The van der Waals surface area contributed by atoms with Crippen LogP contribution in [0.1, 0.15) is 39.5 Å². The summed E-state index contributed by atoms with van der Waals surface area (Å²) in [4.78, 5) is 11.9. The van der Waals surface area contributed by atoms with E-state index in [0.29, 0.717) is 17.6 Å². The van der Waals surface area contributed by atoms with Crippen molar-refractivity contribution in [3.8, 4) is 0 Å². The second-order valence-electron chi connectivity index (χ2n) is 5.25. The molecule has 3 atom stereocenters. The predicted octanol–water partition coefficient (Wildman–Crippen LogP) is 3.20. The number of fused-ring (bicyclic) bond motifs is 2. The number of hydrogen-bond donors (Lipinski definition) is 0. The molecule has 2 bridgehead atoms. The van der Waals surface area contributed by atoms with Gasteiger partial charge in [-0.25, -0.2) is 0 Å². The van der Waals surface area contributed by atoms with E-state index >= 15 is 0 Å². The van der Waals surface area contributed by atoms with Gasteiger partial charge in [0.1, 0.15) is 5.78 Å². The second-order valence-corrected chi connectivity index (χ2v) is 5.25. The largest absolute Gasteiger partial charge is 0.299 e. The molecule has 2 aliphatic rings. The fourth-order valence-electron chi connectivity index (χ4n) is 3.00. The molecule has 1 saturated carbocycles. The Labute approximate surface area is 86.6 Å². The minimum absolute atomic E-state index is 0.225. The van der Waals surface area contributed by atoms with Crippen molar-refractivity contribution in [3.05, 3.63) is 12.2 Å². The van der Waals surface area contributed by atoms with E-state index in [2.05, 4.69) is 12.2 Å². The van der Waals surface area contributed by atoms with Crippen molar-refractivity contribution in [2.45, 2.75) is 39.5 Å². The first-order valence-electron chi connectivity index (χ1n) is 5.87. The molecule has 0 amide bonds. The Balaban J connectivity index is 2.03. The molecule has 2 rings (SSSR count). The van der Waals surface area contributed by atoms with Crippen molar-refractivity contribution in [3.63, 3.8) is 0 Å². The number of rotatable bonds is 2. The normalized spacial score (nSPS) is 36.1. The molecule has 1 nitrogen and oxygen atoms in total. The van der Waals surface area contributed by atoms with Crippen LogP contribution in [0.4, 0.5) is 0 Å². The first-order chi connectivity index (χ1) is 6.66. The Morgan fingerprint density at radius 3 is 2.71 bits per heavy atom. The SMILES string of the molecule is CC(C)C(=O)C1CC2C=CCC(C2)C1. The van der Waals surface area contributed by atoms with Crippen molar-refractivity contribution >= 4 is 5.78 Å². The van der Waals surface area contributed by atoms with E-state index in [1.807, 2.05) is 13.8 Å². The molecule has 2 aliphatic carbocycles. The Morgan fingerprint density at radius 1 is 1.29 bits per heavy atom. The lowest BCUT2D eigenvalue weighted by molar-refractivity contribution is -0.127. The van der Waals surface area contributed by atoms with Crippen LogP contribution in [0.2, 0.25) is 0 Å². The summed E-state index contributed by atoms with van der Waals surface area (Å²) in [5.74, 6) is 2.59. The van der Waals surface area contributed by atoms with Gasteiger partial charge in [0.2, 0.25) is 0 Å². The average Bonchev–Trinajstić information content (AvgIpc) is 2.15. The summed E-state index contributed by atoms with van der Waals surface area (Å²) < 4.78 is 0. The first kappa shape index (κ1) is 9.95. The highest BCUT2D eigenvalue weighted by atomic mass is 16.1. The molecular weight excluding hydrogens is 172 g/mol. The Bertz CT molecular complexity index is 252. The van der Waals surface area contributed by atoms with Crippen molar-refractivity contribution in [2.24, 2.45) is 23.7 Å². The standard InChI is InChI=1S/C13H20O/c1-9(2)13(14)12-7-10-4-3-5-11(6-10)8-12/h3-4,9-12H,5-8H2,1-2H3. The number of allylic oxidation sites excluding steroid dienone is 2. The van der Waals surface area contributed by atoms with Gasteiger partial charge in [-0.3, -0.25) is 4.79 Å². The zero-order valence-corrected chi connectivity index (χ0v) is 9.20. The molecule has 0 saturated heterocycles. The zero-order valence-electron chi connectivity index (χ0n) is 9.20. The summed E-state index contributed by atoms with van der Waals surface area (Å²) in [6.45, 7) is 4.06. The van der Waals surface area contributed by atoms with E-state index in [-0.39, 0.29) is 5.92 Å². The van der Waals surface area contributed by atoms with E-state index in [4.69, 9.17) is 0 Å². The molecule has 78 valence electrons. The Morgan fingerprint density at radius 2 is 2.07 bits per heavy atom. The number of carbonyl (C=O) groups is 1. The summed E-state index contributed by atoms with van der Waals surface area (Å²) in [5.41, 5.74) is 0. The van der Waals surface area contributed by atoms with Crippen LogP contribution in [0.25, 0.3) is 0 Å². The van der Waals surface area contributed by atoms with E-state index in [0.717, 1.165) is 18.8 Å². The molecule has 0 aromatic rings.